The summed E-state index contributed by atoms with van der Waals surface area (Å²) in [6.07, 6.45) is 4.26. The third kappa shape index (κ3) is 5.67. The quantitative estimate of drug-likeness (QED) is 0.367. The maximum absolute atomic E-state index is 11.4. The molecule has 2 bridgehead atoms. The van der Waals surface area contributed by atoms with Crippen molar-refractivity contribution in [2.75, 3.05) is 0 Å². The molecule has 3 atom stereocenters. The second kappa shape index (κ2) is 10.4. The lowest BCUT2D eigenvalue weighted by atomic mass is 9.83. The number of phenolic OH excluding ortho intramolecular Hbond substituents is 2. The molecule has 4 heteroatoms. The van der Waals surface area contributed by atoms with E-state index in [9.17, 15) is 10.2 Å². The zero-order chi connectivity index (χ0) is 28.9. The fraction of sp³-hybridized carbons (Fsp3) is 0.600. The molecular formula is C35H50N2O2. The van der Waals surface area contributed by atoms with Gasteiger partial charge in [-0.2, -0.15) is 0 Å². The zero-order valence-electron chi connectivity index (χ0n) is 25.9. The van der Waals surface area contributed by atoms with E-state index in [2.05, 4.69) is 75.3 Å². The van der Waals surface area contributed by atoms with Gasteiger partial charge in [-0.3, -0.25) is 9.98 Å². The number of hydrogen-bond acceptors (Lipinski definition) is 4. The predicted molar refractivity (Wildman–Crippen MR) is 165 cm³/mol. The smallest absolute Gasteiger partial charge is 0.128 e. The average Bonchev–Trinajstić information content (AvgIpc) is 3.38. The molecular weight excluding hydrogens is 480 g/mol. The minimum atomic E-state index is -0.272. The molecule has 0 radical (unpaired) electrons. The molecule has 0 spiro atoms. The number of rotatable bonds is 6. The van der Waals surface area contributed by atoms with Crippen molar-refractivity contribution in [3.8, 4) is 11.5 Å². The second-order valence-electron chi connectivity index (χ2n) is 14.7. The maximum atomic E-state index is 11.4. The standard InChI is InChI=1S/C35H50N2O2/c1-21(2)29(24-13-11-15-26(31(24)38)33(5,6)7)36-28-19-23-17-18-35(28,20-23)37-30(22(3)4)25-14-12-16-27(32(25)39)34(8,9)10/h11-16,21-23,28,38-39H,17-20H2,1-10H3/t23?,28-,35-/m0/s1. The first-order valence-electron chi connectivity index (χ1n) is 14.9. The minimum Gasteiger partial charge on any atom is -0.507 e. The van der Waals surface area contributed by atoms with Crippen molar-refractivity contribution < 1.29 is 10.2 Å². The normalized spacial score (nSPS) is 24.3. The van der Waals surface area contributed by atoms with Crippen molar-refractivity contribution in [2.45, 2.75) is 117 Å². The third-order valence-corrected chi connectivity index (χ3v) is 8.78. The first-order chi connectivity index (χ1) is 18.0. The van der Waals surface area contributed by atoms with Crippen LogP contribution >= 0.6 is 0 Å². The molecule has 2 aromatic carbocycles. The highest BCUT2D eigenvalue weighted by atomic mass is 16.3. The molecule has 0 amide bonds. The molecule has 2 fully saturated rings. The SMILES string of the molecule is CC(C)C(=N[C@H]1CC2CC[C@]1(N=C(c1cccc(C(C)(C)C)c1O)C(C)C)C2)c1cccc(C(C)(C)C)c1O. The number of phenols is 2. The van der Waals surface area contributed by atoms with E-state index in [0.717, 1.165) is 52.9 Å². The Bertz CT molecular complexity index is 1270. The van der Waals surface area contributed by atoms with Gasteiger partial charge in [0.1, 0.15) is 11.5 Å². The lowest BCUT2D eigenvalue weighted by Gasteiger charge is -2.32. The first-order valence-corrected chi connectivity index (χ1v) is 14.9. The Labute approximate surface area is 236 Å². The van der Waals surface area contributed by atoms with E-state index in [1.165, 1.54) is 6.42 Å². The molecule has 2 N–H and O–H groups in total. The van der Waals surface area contributed by atoms with Crippen LogP contribution in [0.3, 0.4) is 0 Å². The Kier molecular flexibility index (Phi) is 7.84. The van der Waals surface area contributed by atoms with Gasteiger partial charge in [-0.1, -0.05) is 93.5 Å². The van der Waals surface area contributed by atoms with E-state index < -0.39 is 0 Å². The number of aromatic hydroxyl groups is 2. The van der Waals surface area contributed by atoms with Crippen LogP contribution in [0.25, 0.3) is 0 Å². The molecule has 2 aliphatic carbocycles. The van der Waals surface area contributed by atoms with Crippen molar-refractivity contribution in [1.82, 2.24) is 0 Å². The summed E-state index contributed by atoms with van der Waals surface area (Å²) in [5.41, 5.74) is 4.96. The van der Waals surface area contributed by atoms with Crippen LogP contribution in [-0.4, -0.2) is 33.2 Å². The predicted octanol–water partition coefficient (Wildman–Crippen LogP) is 8.59. The summed E-state index contributed by atoms with van der Waals surface area (Å²) in [7, 11) is 0. The first kappa shape index (κ1) is 29.4. The summed E-state index contributed by atoms with van der Waals surface area (Å²) in [6, 6.07) is 12.2. The highest BCUT2D eigenvalue weighted by molar-refractivity contribution is 6.05. The molecule has 4 rings (SSSR count). The Morgan fingerprint density at radius 1 is 0.795 bits per heavy atom. The van der Waals surface area contributed by atoms with Crippen molar-refractivity contribution >= 4 is 11.4 Å². The summed E-state index contributed by atoms with van der Waals surface area (Å²) in [4.78, 5) is 11.0. The summed E-state index contributed by atoms with van der Waals surface area (Å²) < 4.78 is 0. The van der Waals surface area contributed by atoms with Crippen LogP contribution in [0.2, 0.25) is 0 Å². The van der Waals surface area contributed by atoms with E-state index >= 15 is 0 Å². The van der Waals surface area contributed by atoms with Crippen LogP contribution in [0, 0.1) is 17.8 Å². The van der Waals surface area contributed by atoms with Crippen molar-refractivity contribution in [1.29, 1.82) is 0 Å². The Hall–Kier alpha value is -2.62. The Morgan fingerprint density at radius 2 is 1.28 bits per heavy atom. The largest absolute Gasteiger partial charge is 0.507 e. The summed E-state index contributed by atoms with van der Waals surface area (Å²) in [6.45, 7) is 21.5. The zero-order valence-corrected chi connectivity index (χ0v) is 25.9. The number of benzene rings is 2. The van der Waals surface area contributed by atoms with Crippen LogP contribution in [0.15, 0.2) is 46.4 Å². The van der Waals surface area contributed by atoms with Crippen LogP contribution in [0.4, 0.5) is 0 Å². The second-order valence-corrected chi connectivity index (χ2v) is 14.7. The summed E-state index contributed by atoms with van der Waals surface area (Å²) in [5, 5.41) is 22.8. The van der Waals surface area contributed by atoms with Crippen LogP contribution in [0.5, 0.6) is 11.5 Å². The molecule has 0 aliphatic heterocycles. The van der Waals surface area contributed by atoms with Crippen LogP contribution < -0.4 is 0 Å². The van der Waals surface area contributed by atoms with Gasteiger partial charge in [-0.25, -0.2) is 0 Å². The molecule has 4 nitrogen and oxygen atoms in total. The highest BCUT2D eigenvalue weighted by Crippen LogP contribution is 2.53. The molecule has 0 saturated heterocycles. The van der Waals surface area contributed by atoms with Crippen molar-refractivity contribution in [2.24, 2.45) is 27.7 Å². The number of hydrogen-bond donors (Lipinski definition) is 2. The number of nitrogens with zero attached hydrogens (tertiary/aromatic N) is 2. The Balaban J connectivity index is 1.84. The molecule has 0 aromatic heterocycles. The third-order valence-electron chi connectivity index (χ3n) is 8.78. The summed E-state index contributed by atoms with van der Waals surface area (Å²) in [5.74, 6) is 1.66. The highest BCUT2D eigenvalue weighted by Gasteiger charge is 2.53. The van der Waals surface area contributed by atoms with Gasteiger partial charge in [0, 0.05) is 22.6 Å². The van der Waals surface area contributed by atoms with Gasteiger partial charge in [0.2, 0.25) is 0 Å². The topological polar surface area (TPSA) is 65.2 Å². The van der Waals surface area contributed by atoms with E-state index in [1.807, 2.05) is 30.3 Å². The lowest BCUT2D eigenvalue weighted by molar-refractivity contribution is 0.363. The molecule has 2 aliphatic rings. The molecule has 39 heavy (non-hydrogen) atoms. The molecule has 2 aromatic rings. The van der Waals surface area contributed by atoms with Gasteiger partial charge in [0.25, 0.3) is 0 Å². The van der Waals surface area contributed by atoms with Crippen molar-refractivity contribution in [3.05, 3.63) is 58.7 Å². The maximum Gasteiger partial charge on any atom is 0.128 e. The number of aliphatic imine (C=N–C) groups is 2. The fourth-order valence-electron chi connectivity index (χ4n) is 6.69. The number of fused-ring (bicyclic) bond motifs is 2. The van der Waals surface area contributed by atoms with Gasteiger partial charge < -0.3 is 10.2 Å². The van der Waals surface area contributed by atoms with E-state index in [-0.39, 0.29) is 34.2 Å². The number of para-hydroxylation sites is 2. The fourth-order valence-corrected chi connectivity index (χ4v) is 6.69. The molecule has 0 heterocycles. The van der Waals surface area contributed by atoms with Gasteiger partial charge in [-0.05, 0) is 77.5 Å². The van der Waals surface area contributed by atoms with E-state index in [0.29, 0.717) is 17.4 Å². The van der Waals surface area contributed by atoms with Crippen molar-refractivity contribution in [3.63, 3.8) is 0 Å². The van der Waals surface area contributed by atoms with Crippen LogP contribution in [-0.2, 0) is 10.8 Å². The Morgan fingerprint density at radius 3 is 1.72 bits per heavy atom. The van der Waals surface area contributed by atoms with Gasteiger partial charge >= 0.3 is 0 Å². The monoisotopic (exact) mass is 530 g/mol. The molecule has 2 saturated carbocycles. The molecule has 1 unspecified atom stereocenters. The van der Waals surface area contributed by atoms with Gasteiger partial charge in [0.05, 0.1) is 11.6 Å². The van der Waals surface area contributed by atoms with E-state index in [1.54, 1.807) is 0 Å². The van der Waals surface area contributed by atoms with E-state index in [4.69, 9.17) is 9.98 Å². The minimum absolute atomic E-state index is 0.0630. The lowest BCUT2D eigenvalue weighted by Crippen LogP contribution is -2.37. The molecule has 212 valence electrons. The van der Waals surface area contributed by atoms with Crippen LogP contribution in [0.1, 0.15) is 117 Å². The van der Waals surface area contributed by atoms with Gasteiger partial charge in [0.15, 0.2) is 0 Å². The average molecular weight is 531 g/mol. The summed E-state index contributed by atoms with van der Waals surface area (Å²) >= 11 is 0. The van der Waals surface area contributed by atoms with Gasteiger partial charge in [-0.15, -0.1) is 0 Å².